The minimum absolute atomic E-state index is 0.0474. The number of carbonyl (C=O) groups is 2. The first-order valence-electron chi connectivity index (χ1n) is 8.13. The van der Waals surface area contributed by atoms with Crippen molar-refractivity contribution in [3.8, 4) is 0 Å². The number of benzene rings is 1. The molecule has 0 bridgehead atoms. The van der Waals surface area contributed by atoms with E-state index in [1.54, 1.807) is 24.3 Å². The molecule has 7 heteroatoms. The monoisotopic (exact) mass is 354 g/mol. The van der Waals surface area contributed by atoms with Crippen molar-refractivity contribution in [1.82, 2.24) is 4.90 Å². The average Bonchev–Trinajstić information content (AvgIpc) is 2.48. The number of halogens is 1. The second kappa shape index (κ2) is 8.46. The van der Waals surface area contributed by atoms with Gasteiger partial charge in [0.05, 0.1) is 19.3 Å². The van der Waals surface area contributed by atoms with E-state index >= 15 is 0 Å². The number of carbonyl (C=O) groups excluding carboxylic acids is 2. The second-order valence-electron chi connectivity index (χ2n) is 6.42. The number of quaternary nitrogens is 1. The lowest BCUT2D eigenvalue weighted by atomic mass is 10.2. The molecule has 3 atom stereocenters. The average molecular weight is 355 g/mol. The minimum Gasteiger partial charge on any atom is -0.372 e. The summed E-state index contributed by atoms with van der Waals surface area (Å²) >= 11 is 5.82. The molecule has 6 nitrogen and oxygen atoms in total. The molecule has 1 aliphatic heterocycles. The van der Waals surface area contributed by atoms with Gasteiger partial charge in [0, 0.05) is 23.8 Å². The van der Waals surface area contributed by atoms with E-state index in [1.165, 1.54) is 0 Å². The van der Waals surface area contributed by atoms with Crippen LogP contribution in [-0.2, 0) is 14.3 Å². The molecule has 0 spiro atoms. The Balaban J connectivity index is 1.79. The molecule has 0 aromatic heterocycles. The Labute approximate surface area is 147 Å². The Morgan fingerprint density at radius 2 is 1.79 bits per heavy atom. The van der Waals surface area contributed by atoms with Crippen molar-refractivity contribution in [1.29, 1.82) is 0 Å². The molecule has 2 rings (SSSR count). The Morgan fingerprint density at radius 1 is 1.21 bits per heavy atom. The first-order valence-corrected chi connectivity index (χ1v) is 8.51. The fraction of sp³-hybridized carbons (Fsp3) is 0.529. The molecule has 0 saturated carbocycles. The van der Waals surface area contributed by atoms with Gasteiger partial charge in [0.1, 0.15) is 0 Å². The first kappa shape index (κ1) is 18.7. The highest BCUT2D eigenvalue weighted by Crippen LogP contribution is 2.13. The SMILES string of the molecule is C[C@H]1CN(C(=O)C[NH+](C)CC(=O)Nc2ccc(Cl)cc2)C[C@H](C)O1. The minimum atomic E-state index is -0.133. The van der Waals surface area contributed by atoms with Crippen LogP contribution >= 0.6 is 11.6 Å². The van der Waals surface area contributed by atoms with Crippen LogP contribution in [0.5, 0.6) is 0 Å². The Kier molecular flexibility index (Phi) is 6.60. The molecule has 2 N–H and O–H groups in total. The van der Waals surface area contributed by atoms with E-state index in [2.05, 4.69) is 5.32 Å². The summed E-state index contributed by atoms with van der Waals surface area (Å²) in [4.78, 5) is 27.1. The van der Waals surface area contributed by atoms with Gasteiger partial charge in [0.15, 0.2) is 13.1 Å². The molecular weight excluding hydrogens is 330 g/mol. The third kappa shape index (κ3) is 5.78. The number of hydrogen-bond acceptors (Lipinski definition) is 3. The van der Waals surface area contributed by atoms with E-state index in [9.17, 15) is 9.59 Å². The summed E-state index contributed by atoms with van der Waals surface area (Å²) in [6.45, 7) is 5.65. The maximum Gasteiger partial charge on any atom is 0.279 e. The van der Waals surface area contributed by atoms with Crippen molar-refractivity contribution in [3.63, 3.8) is 0 Å². The highest BCUT2D eigenvalue weighted by atomic mass is 35.5. The van der Waals surface area contributed by atoms with Gasteiger partial charge >= 0.3 is 0 Å². The van der Waals surface area contributed by atoms with Gasteiger partial charge in [-0.25, -0.2) is 0 Å². The number of nitrogens with one attached hydrogen (secondary N) is 2. The second-order valence-corrected chi connectivity index (χ2v) is 6.86. The van der Waals surface area contributed by atoms with Crippen LogP contribution in [0.15, 0.2) is 24.3 Å². The fourth-order valence-corrected chi connectivity index (χ4v) is 2.95. The van der Waals surface area contributed by atoms with Gasteiger partial charge in [-0.1, -0.05) is 11.6 Å². The van der Waals surface area contributed by atoms with E-state index in [4.69, 9.17) is 16.3 Å². The number of hydrogen-bond donors (Lipinski definition) is 2. The lowest BCUT2D eigenvalue weighted by Gasteiger charge is -2.35. The molecular formula is C17H25ClN3O3+. The number of amides is 2. The standard InChI is InChI=1S/C17H24ClN3O3/c1-12-8-21(9-13(2)24-12)17(23)11-20(3)10-16(22)19-15-6-4-14(18)5-7-15/h4-7,12-13H,8-11H2,1-3H3,(H,19,22)/p+1/t12-,13-/m0/s1. The third-order valence-electron chi connectivity index (χ3n) is 3.82. The van der Waals surface area contributed by atoms with Crippen molar-refractivity contribution in [2.24, 2.45) is 0 Å². The third-order valence-corrected chi connectivity index (χ3v) is 4.07. The first-order chi connectivity index (χ1) is 11.3. The molecule has 0 radical (unpaired) electrons. The van der Waals surface area contributed by atoms with Crippen LogP contribution in [0.4, 0.5) is 5.69 Å². The van der Waals surface area contributed by atoms with Crippen LogP contribution < -0.4 is 10.2 Å². The Bertz CT molecular complexity index is 569. The predicted octanol–water partition coefficient (Wildman–Crippen LogP) is 0.429. The Hall–Kier alpha value is -1.63. The van der Waals surface area contributed by atoms with Gasteiger partial charge < -0.3 is 19.9 Å². The van der Waals surface area contributed by atoms with E-state index in [-0.39, 0.29) is 37.1 Å². The van der Waals surface area contributed by atoms with E-state index in [0.29, 0.717) is 23.8 Å². The Morgan fingerprint density at radius 3 is 2.38 bits per heavy atom. The molecule has 1 saturated heterocycles. The molecule has 132 valence electrons. The zero-order chi connectivity index (χ0) is 17.7. The van der Waals surface area contributed by atoms with Gasteiger partial charge in [-0.05, 0) is 38.1 Å². The quantitative estimate of drug-likeness (QED) is 0.806. The normalized spacial score (nSPS) is 22.1. The summed E-state index contributed by atoms with van der Waals surface area (Å²) in [7, 11) is 1.84. The zero-order valence-electron chi connectivity index (χ0n) is 14.3. The highest BCUT2D eigenvalue weighted by Gasteiger charge is 2.27. The van der Waals surface area contributed by atoms with Crippen LogP contribution in [-0.4, -0.2) is 62.1 Å². The van der Waals surface area contributed by atoms with Crippen molar-refractivity contribution in [3.05, 3.63) is 29.3 Å². The maximum atomic E-state index is 12.4. The summed E-state index contributed by atoms with van der Waals surface area (Å²) in [6.07, 6.45) is 0.0948. The number of anilines is 1. The van der Waals surface area contributed by atoms with Crippen molar-refractivity contribution in [2.75, 3.05) is 38.5 Å². The molecule has 1 aromatic carbocycles. The predicted molar refractivity (Wildman–Crippen MR) is 93.3 cm³/mol. The molecule has 24 heavy (non-hydrogen) atoms. The molecule has 1 aliphatic rings. The van der Waals surface area contributed by atoms with Crippen molar-refractivity contribution in [2.45, 2.75) is 26.1 Å². The molecule has 1 fully saturated rings. The zero-order valence-corrected chi connectivity index (χ0v) is 15.1. The molecule has 1 aromatic rings. The summed E-state index contributed by atoms with van der Waals surface area (Å²) in [5, 5.41) is 3.42. The van der Waals surface area contributed by atoms with E-state index < -0.39 is 0 Å². The van der Waals surface area contributed by atoms with E-state index in [1.807, 2.05) is 25.8 Å². The van der Waals surface area contributed by atoms with E-state index in [0.717, 1.165) is 4.90 Å². The maximum absolute atomic E-state index is 12.4. The molecule has 2 amide bonds. The topological polar surface area (TPSA) is 63.1 Å². The van der Waals surface area contributed by atoms with Gasteiger partial charge in [-0.15, -0.1) is 0 Å². The van der Waals surface area contributed by atoms with Crippen LogP contribution in [0.3, 0.4) is 0 Å². The van der Waals surface area contributed by atoms with Crippen LogP contribution in [0, 0.1) is 0 Å². The fourth-order valence-electron chi connectivity index (χ4n) is 2.83. The van der Waals surface area contributed by atoms with Crippen LogP contribution in [0.25, 0.3) is 0 Å². The summed E-state index contributed by atoms with van der Waals surface area (Å²) in [5.41, 5.74) is 0.694. The molecule has 1 heterocycles. The number of nitrogens with zero attached hydrogens (tertiary/aromatic N) is 1. The van der Waals surface area contributed by atoms with Crippen LogP contribution in [0.1, 0.15) is 13.8 Å². The highest BCUT2D eigenvalue weighted by molar-refractivity contribution is 6.30. The van der Waals surface area contributed by atoms with Crippen LogP contribution in [0.2, 0.25) is 5.02 Å². The number of morpholine rings is 1. The number of rotatable bonds is 5. The molecule has 1 unspecified atom stereocenters. The summed E-state index contributed by atoms with van der Waals surface area (Å²) in [6, 6.07) is 6.94. The van der Waals surface area contributed by atoms with Crippen molar-refractivity contribution < 1.29 is 19.2 Å². The van der Waals surface area contributed by atoms with Crippen molar-refractivity contribution >= 4 is 29.1 Å². The lowest BCUT2D eigenvalue weighted by molar-refractivity contribution is -0.862. The number of ether oxygens (including phenoxy) is 1. The molecule has 0 aliphatic carbocycles. The summed E-state index contributed by atoms with van der Waals surface area (Å²) < 4.78 is 5.64. The smallest absolute Gasteiger partial charge is 0.279 e. The lowest BCUT2D eigenvalue weighted by Crippen LogP contribution is -3.11. The van der Waals surface area contributed by atoms with Gasteiger partial charge in [0.2, 0.25) is 0 Å². The summed E-state index contributed by atoms with van der Waals surface area (Å²) in [5.74, 6) is -0.0832. The van der Waals surface area contributed by atoms with Gasteiger partial charge in [-0.2, -0.15) is 0 Å². The largest absolute Gasteiger partial charge is 0.372 e. The number of likely N-dealkylation sites (N-methyl/N-ethyl adjacent to an activating group) is 1. The van der Waals surface area contributed by atoms with Gasteiger partial charge in [0.25, 0.3) is 11.8 Å². The van der Waals surface area contributed by atoms with Gasteiger partial charge in [-0.3, -0.25) is 9.59 Å².